The maximum absolute atomic E-state index is 12.6. The predicted octanol–water partition coefficient (Wildman–Crippen LogP) is 5.40. The molecule has 0 saturated heterocycles. The van der Waals surface area contributed by atoms with Crippen LogP contribution in [0.2, 0.25) is 0 Å². The minimum Gasteiger partial charge on any atom is -0.457 e. The number of rotatable bonds is 5. The van der Waals surface area contributed by atoms with Crippen LogP contribution in [0.3, 0.4) is 0 Å². The summed E-state index contributed by atoms with van der Waals surface area (Å²) in [7, 11) is 0. The Labute approximate surface area is 168 Å². The molecule has 1 N–H and O–H groups in total. The zero-order valence-corrected chi connectivity index (χ0v) is 16.0. The summed E-state index contributed by atoms with van der Waals surface area (Å²) in [5.41, 5.74) is 3.16. The molecule has 0 aliphatic heterocycles. The van der Waals surface area contributed by atoms with E-state index < -0.39 is 0 Å². The van der Waals surface area contributed by atoms with Gasteiger partial charge in [-0.05, 0) is 62.4 Å². The van der Waals surface area contributed by atoms with Crippen LogP contribution < -0.4 is 10.1 Å². The Balaban J connectivity index is 1.48. The zero-order valence-electron chi connectivity index (χ0n) is 16.0. The summed E-state index contributed by atoms with van der Waals surface area (Å²) in [6.45, 7) is 3.67. The lowest BCUT2D eigenvalue weighted by molar-refractivity contribution is 0.102. The molecular formula is C23H19N3O3. The van der Waals surface area contributed by atoms with E-state index in [0.29, 0.717) is 28.6 Å². The quantitative estimate of drug-likeness (QED) is 0.498. The molecule has 0 spiro atoms. The number of ether oxygens (including phenoxy) is 1. The number of anilines is 1. The Bertz CT molecular complexity index is 1120. The molecule has 2 aromatic heterocycles. The van der Waals surface area contributed by atoms with E-state index in [2.05, 4.69) is 15.5 Å². The summed E-state index contributed by atoms with van der Waals surface area (Å²) in [6, 6.07) is 22.0. The van der Waals surface area contributed by atoms with Crippen LogP contribution in [0, 0.1) is 13.8 Å². The highest BCUT2D eigenvalue weighted by Gasteiger charge is 2.15. The Morgan fingerprint density at radius 2 is 1.62 bits per heavy atom. The molecule has 29 heavy (non-hydrogen) atoms. The SMILES string of the molecule is Cc1noc(C)c1-c1cccc(C(=O)Nc2ccc(Oc3ccccc3)cc2)n1. The number of hydrogen-bond acceptors (Lipinski definition) is 5. The van der Waals surface area contributed by atoms with Gasteiger partial charge in [-0.1, -0.05) is 29.4 Å². The van der Waals surface area contributed by atoms with Gasteiger partial charge in [0.25, 0.3) is 5.91 Å². The highest BCUT2D eigenvalue weighted by atomic mass is 16.5. The van der Waals surface area contributed by atoms with Crippen molar-refractivity contribution in [2.75, 3.05) is 5.32 Å². The number of nitrogens with one attached hydrogen (secondary N) is 1. The van der Waals surface area contributed by atoms with Gasteiger partial charge in [0, 0.05) is 5.69 Å². The van der Waals surface area contributed by atoms with Crippen molar-refractivity contribution >= 4 is 11.6 Å². The second kappa shape index (κ2) is 7.98. The first-order chi connectivity index (χ1) is 14.1. The number of pyridine rings is 1. The second-order valence-electron chi connectivity index (χ2n) is 6.50. The van der Waals surface area contributed by atoms with E-state index in [9.17, 15) is 4.79 Å². The highest BCUT2D eigenvalue weighted by Crippen LogP contribution is 2.26. The summed E-state index contributed by atoms with van der Waals surface area (Å²) in [6.07, 6.45) is 0. The fourth-order valence-electron chi connectivity index (χ4n) is 2.98. The third kappa shape index (κ3) is 4.16. The number of amides is 1. The van der Waals surface area contributed by atoms with Crippen LogP contribution in [0.4, 0.5) is 5.69 Å². The van der Waals surface area contributed by atoms with Gasteiger partial charge in [-0.15, -0.1) is 0 Å². The van der Waals surface area contributed by atoms with E-state index in [0.717, 1.165) is 17.0 Å². The number of para-hydroxylation sites is 1. The number of nitrogens with zero attached hydrogens (tertiary/aromatic N) is 2. The lowest BCUT2D eigenvalue weighted by Gasteiger charge is -2.08. The fraction of sp³-hybridized carbons (Fsp3) is 0.0870. The van der Waals surface area contributed by atoms with Crippen LogP contribution in [-0.4, -0.2) is 16.0 Å². The summed E-state index contributed by atoms with van der Waals surface area (Å²) in [5, 5.41) is 6.80. The highest BCUT2D eigenvalue weighted by molar-refractivity contribution is 6.03. The largest absolute Gasteiger partial charge is 0.457 e. The Morgan fingerprint density at radius 3 is 2.31 bits per heavy atom. The molecule has 4 rings (SSSR count). The van der Waals surface area contributed by atoms with Crippen molar-refractivity contribution in [3.8, 4) is 22.8 Å². The normalized spacial score (nSPS) is 10.6. The molecule has 1 amide bonds. The average molecular weight is 385 g/mol. The molecule has 6 heteroatoms. The molecule has 4 aromatic rings. The van der Waals surface area contributed by atoms with E-state index in [1.54, 1.807) is 36.4 Å². The Kier molecular flexibility index (Phi) is 5.07. The standard InChI is InChI=1S/C23H19N3O3/c1-15-22(16(2)29-26-15)20-9-6-10-21(25-20)23(27)24-17-11-13-19(14-12-17)28-18-7-4-3-5-8-18/h3-14H,1-2H3,(H,24,27). The first kappa shape index (κ1) is 18.4. The minimum absolute atomic E-state index is 0.296. The monoisotopic (exact) mass is 385 g/mol. The molecule has 0 aliphatic carbocycles. The van der Waals surface area contributed by atoms with Crippen molar-refractivity contribution in [3.05, 3.63) is 89.9 Å². The molecule has 0 saturated carbocycles. The van der Waals surface area contributed by atoms with Crippen molar-refractivity contribution in [1.29, 1.82) is 0 Å². The van der Waals surface area contributed by atoms with E-state index in [-0.39, 0.29) is 5.91 Å². The molecule has 144 valence electrons. The second-order valence-corrected chi connectivity index (χ2v) is 6.50. The molecule has 0 aliphatic rings. The van der Waals surface area contributed by atoms with Gasteiger partial charge in [-0.3, -0.25) is 4.79 Å². The summed E-state index contributed by atoms with van der Waals surface area (Å²) in [5.74, 6) is 1.81. The van der Waals surface area contributed by atoms with Gasteiger partial charge < -0.3 is 14.6 Å². The number of carbonyl (C=O) groups is 1. The lowest BCUT2D eigenvalue weighted by Crippen LogP contribution is -2.13. The van der Waals surface area contributed by atoms with Crippen LogP contribution >= 0.6 is 0 Å². The smallest absolute Gasteiger partial charge is 0.274 e. The molecule has 0 radical (unpaired) electrons. The molecule has 2 heterocycles. The van der Waals surface area contributed by atoms with Gasteiger partial charge >= 0.3 is 0 Å². The number of benzene rings is 2. The van der Waals surface area contributed by atoms with Gasteiger partial charge in [0.1, 0.15) is 23.0 Å². The molecule has 0 bridgehead atoms. The third-order valence-corrected chi connectivity index (χ3v) is 4.36. The number of aromatic nitrogens is 2. The van der Waals surface area contributed by atoms with Crippen molar-refractivity contribution < 1.29 is 14.1 Å². The number of carbonyl (C=O) groups excluding carboxylic acids is 1. The number of aryl methyl sites for hydroxylation is 2. The zero-order chi connectivity index (χ0) is 20.2. The van der Waals surface area contributed by atoms with E-state index in [4.69, 9.17) is 9.26 Å². The fourth-order valence-corrected chi connectivity index (χ4v) is 2.98. The van der Waals surface area contributed by atoms with Crippen LogP contribution in [0.25, 0.3) is 11.3 Å². The topological polar surface area (TPSA) is 77.2 Å². The lowest BCUT2D eigenvalue weighted by atomic mass is 10.1. The van der Waals surface area contributed by atoms with Crippen LogP contribution in [0.15, 0.2) is 77.3 Å². The van der Waals surface area contributed by atoms with Crippen molar-refractivity contribution in [1.82, 2.24) is 10.1 Å². The van der Waals surface area contributed by atoms with Gasteiger partial charge in [0.05, 0.1) is 17.0 Å². The first-order valence-electron chi connectivity index (χ1n) is 9.15. The Hall–Kier alpha value is -3.93. The third-order valence-electron chi connectivity index (χ3n) is 4.36. The van der Waals surface area contributed by atoms with Crippen molar-refractivity contribution in [2.45, 2.75) is 13.8 Å². The predicted molar refractivity (Wildman–Crippen MR) is 110 cm³/mol. The summed E-state index contributed by atoms with van der Waals surface area (Å²) in [4.78, 5) is 17.1. The van der Waals surface area contributed by atoms with Gasteiger partial charge in [0.15, 0.2) is 0 Å². The molecule has 6 nitrogen and oxygen atoms in total. The molecular weight excluding hydrogens is 366 g/mol. The van der Waals surface area contributed by atoms with Crippen LogP contribution in [-0.2, 0) is 0 Å². The molecule has 0 fully saturated rings. The van der Waals surface area contributed by atoms with Crippen LogP contribution in [0.5, 0.6) is 11.5 Å². The molecule has 0 unspecified atom stereocenters. The van der Waals surface area contributed by atoms with Crippen LogP contribution in [0.1, 0.15) is 21.9 Å². The molecule has 0 atom stereocenters. The summed E-state index contributed by atoms with van der Waals surface area (Å²) < 4.78 is 11.0. The van der Waals surface area contributed by atoms with E-state index in [1.807, 2.05) is 50.2 Å². The van der Waals surface area contributed by atoms with Gasteiger partial charge in [0.2, 0.25) is 0 Å². The summed E-state index contributed by atoms with van der Waals surface area (Å²) >= 11 is 0. The van der Waals surface area contributed by atoms with Gasteiger partial charge in [-0.2, -0.15) is 0 Å². The first-order valence-corrected chi connectivity index (χ1v) is 9.15. The number of hydrogen-bond donors (Lipinski definition) is 1. The minimum atomic E-state index is -0.296. The molecule has 2 aromatic carbocycles. The van der Waals surface area contributed by atoms with E-state index >= 15 is 0 Å². The Morgan fingerprint density at radius 1 is 0.897 bits per heavy atom. The maximum Gasteiger partial charge on any atom is 0.274 e. The maximum atomic E-state index is 12.6. The van der Waals surface area contributed by atoms with Gasteiger partial charge in [-0.25, -0.2) is 4.98 Å². The average Bonchev–Trinajstić information content (AvgIpc) is 3.08. The van der Waals surface area contributed by atoms with E-state index in [1.165, 1.54) is 0 Å². The van der Waals surface area contributed by atoms with Crippen molar-refractivity contribution in [2.24, 2.45) is 0 Å². The van der Waals surface area contributed by atoms with Crippen molar-refractivity contribution in [3.63, 3.8) is 0 Å².